The molecule has 0 aliphatic heterocycles. The highest BCUT2D eigenvalue weighted by atomic mass is 16.5. The van der Waals surface area contributed by atoms with Crippen molar-refractivity contribution in [2.75, 3.05) is 17.7 Å². The zero-order chi connectivity index (χ0) is 20.2. The molecule has 6 nitrogen and oxygen atoms in total. The molecule has 2 amide bonds. The lowest BCUT2D eigenvalue weighted by Gasteiger charge is -2.23. The first-order valence-corrected chi connectivity index (χ1v) is 8.54. The maximum Gasteiger partial charge on any atom is 0.337 e. The highest BCUT2D eigenvalue weighted by Crippen LogP contribution is 2.24. The minimum absolute atomic E-state index is 0.377. The fraction of sp³-hybridized carbons (Fsp3) is 0.286. The Morgan fingerprint density at radius 2 is 1.48 bits per heavy atom. The summed E-state index contributed by atoms with van der Waals surface area (Å²) in [5.41, 5.74) is 2.27. The van der Waals surface area contributed by atoms with Crippen molar-refractivity contribution in [1.29, 1.82) is 0 Å². The zero-order valence-corrected chi connectivity index (χ0v) is 16.2. The van der Waals surface area contributed by atoms with Gasteiger partial charge in [0.1, 0.15) is 5.41 Å². The third kappa shape index (κ3) is 4.53. The minimum atomic E-state index is -1.29. The summed E-state index contributed by atoms with van der Waals surface area (Å²) in [6.45, 7) is 7.00. The Morgan fingerprint density at radius 3 is 2.07 bits per heavy atom. The van der Waals surface area contributed by atoms with Gasteiger partial charge in [0.05, 0.1) is 12.7 Å². The molecule has 0 saturated carbocycles. The largest absolute Gasteiger partial charge is 0.465 e. The van der Waals surface area contributed by atoms with E-state index in [1.807, 2.05) is 26.0 Å². The molecule has 0 fully saturated rings. The monoisotopic (exact) mass is 368 g/mol. The summed E-state index contributed by atoms with van der Waals surface area (Å²) in [6, 6.07) is 11.9. The number of benzene rings is 2. The molecule has 0 aromatic heterocycles. The predicted octanol–water partition coefficient (Wildman–Crippen LogP) is 3.69. The fourth-order valence-corrected chi connectivity index (χ4v) is 2.36. The van der Waals surface area contributed by atoms with Crippen LogP contribution in [0.2, 0.25) is 0 Å². The molecule has 2 aromatic rings. The van der Waals surface area contributed by atoms with E-state index in [0.29, 0.717) is 16.9 Å². The molecule has 0 saturated heterocycles. The molecule has 0 unspecified atom stereocenters. The number of carbonyl (C=O) groups excluding carboxylic acids is 3. The Hall–Kier alpha value is -3.15. The van der Waals surface area contributed by atoms with Gasteiger partial charge in [-0.3, -0.25) is 9.59 Å². The number of rotatable bonds is 5. The average Bonchev–Trinajstić information content (AvgIpc) is 2.65. The molecule has 0 spiro atoms. The quantitative estimate of drug-likeness (QED) is 0.623. The molecule has 0 heterocycles. The van der Waals surface area contributed by atoms with Gasteiger partial charge in [0, 0.05) is 11.4 Å². The van der Waals surface area contributed by atoms with Gasteiger partial charge in [0.25, 0.3) is 0 Å². The number of nitrogens with one attached hydrogen (secondary N) is 2. The lowest BCUT2D eigenvalue weighted by Crippen LogP contribution is -2.41. The van der Waals surface area contributed by atoms with Gasteiger partial charge in [0.15, 0.2) is 0 Å². The number of esters is 1. The van der Waals surface area contributed by atoms with Crippen molar-refractivity contribution < 1.29 is 19.1 Å². The van der Waals surface area contributed by atoms with E-state index < -0.39 is 23.2 Å². The van der Waals surface area contributed by atoms with Crippen LogP contribution in [0, 0.1) is 19.3 Å². The summed E-state index contributed by atoms with van der Waals surface area (Å²) in [7, 11) is 1.30. The molecule has 0 atom stereocenters. The average molecular weight is 368 g/mol. The van der Waals surface area contributed by atoms with Gasteiger partial charge in [-0.25, -0.2) is 4.79 Å². The van der Waals surface area contributed by atoms with Gasteiger partial charge in [0.2, 0.25) is 11.8 Å². The molecule has 2 aromatic carbocycles. The van der Waals surface area contributed by atoms with Crippen LogP contribution in [0.1, 0.15) is 35.3 Å². The number of hydrogen-bond donors (Lipinski definition) is 2. The van der Waals surface area contributed by atoms with Gasteiger partial charge in [-0.15, -0.1) is 0 Å². The Kier molecular flexibility index (Phi) is 6.00. The molecular formula is C21H24N2O4. The van der Waals surface area contributed by atoms with E-state index in [-0.39, 0.29) is 0 Å². The topological polar surface area (TPSA) is 84.5 Å². The van der Waals surface area contributed by atoms with Crippen LogP contribution in [0.15, 0.2) is 42.5 Å². The molecule has 6 heteroatoms. The summed E-state index contributed by atoms with van der Waals surface area (Å²) in [5.74, 6) is -1.31. The van der Waals surface area contributed by atoms with E-state index in [0.717, 1.165) is 11.1 Å². The van der Waals surface area contributed by atoms with Crippen LogP contribution in [0.3, 0.4) is 0 Å². The summed E-state index contributed by atoms with van der Waals surface area (Å²) in [5, 5.41) is 5.54. The Labute approximate surface area is 158 Å². The van der Waals surface area contributed by atoms with Crippen molar-refractivity contribution in [2.24, 2.45) is 5.41 Å². The highest BCUT2D eigenvalue weighted by Gasteiger charge is 2.36. The van der Waals surface area contributed by atoms with E-state index in [1.54, 1.807) is 44.2 Å². The number of hydrogen-bond acceptors (Lipinski definition) is 4. The second-order valence-corrected chi connectivity index (χ2v) is 6.85. The van der Waals surface area contributed by atoms with Crippen molar-refractivity contribution in [3.8, 4) is 0 Å². The van der Waals surface area contributed by atoms with Crippen LogP contribution in [0.5, 0.6) is 0 Å². The first-order chi connectivity index (χ1) is 12.7. The van der Waals surface area contributed by atoms with Crippen LogP contribution in [-0.2, 0) is 14.3 Å². The summed E-state index contributed by atoms with van der Waals surface area (Å²) < 4.78 is 4.64. The van der Waals surface area contributed by atoms with Crippen molar-refractivity contribution in [3.05, 3.63) is 59.2 Å². The van der Waals surface area contributed by atoms with Crippen molar-refractivity contribution in [1.82, 2.24) is 0 Å². The van der Waals surface area contributed by atoms with Crippen molar-refractivity contribution >= 4 is 29.2 Å². The second kappa shape index (κ2) is 8.03. The highest BCUT2D eigenvalue weighted by molar-refractivity contribution is 6.14. The summed E-state index contributed by atoms with van der Waals surface area (Å²) in [6.07, 6.45) is 0. The third-order valence-corrected chi connectivity index (χ3v) is 4.55. The van der Waals surface area contributed by atoms with Crippen LogP contribution in [0.4, 0.5) is 11.4 Å². The number of anilines is 2. The van der Waals surface area contributed by atoms with E-state index in [4.69, 9.17) is 0 Å². The zero-order valence-electron chi connectivity index (χ0n) is 16.2. The van der Waals surface area contributed by atoms with Gasteiger partial charge in [-0.1, -0.05) is 12.1 Å². The second-order valence-electron chi connectivity index (χ2n) is 6.85. The molecule has 0 aliphatic rings. The maximum absolute atomic E-state index is 12.7. The Morgan fingerprint density at radius 1 is 0.889 bits per heavy atom. The van der Waals surface area contributed by atoms with E-state index in [9.17, 15) is 14.4 Å². The van der Waals surface area contributed by atoms with Crippen LogP contribution in [-0.4, -0.2) is 24.9 Å². The van der Waals surface area contributed by atoms with Crippen LogP contribution in [0.25, 0.3) is 0 Å². The molecule has 0 radical (unpaired) electrons. The van der Waals surface area contributed by atoms with E-state index in [2.05, 4.69) is 15.4 Å². The van der Waals surface area contributed by atoms with E-state index >= 15 is 0 Å². The smallest absolute Gasteiger partial charge is 0.337 e. The van der Waals surface area contributed by atoms with Crippen LogP contribution < -0.4 is 10.6 Å². The first-order valence-electron chi connectivity index (χ1n) is 8.54. The molecule has 0 aliphatic carbocycles. The number of ether oxygens (including phenoxy) is 1. The SMILES string of the molecule is COC(=O)c1ccc(NC(=O)C(C)(C)C(=O)Nc2cccc(C)c2C)cc1. The van der Waals surface area contributed by atoms with E-state index in [1.165, 1.54) is 7.11 Å². The molecule has 2 rings (SSSR count). The first kappa shape index (κ1) is 20.2. The van der Waals surface area contributed by atoms with Crippen molar-refractivity contribution in [3.63, 3.8) is 0 Å². The lowest BCUT2D eigenvalue weighted by atomic mass is 9.90. The number of carbonyl (C=O) groups is 3. The number of amides is 2. The standard InChI is InChI=1S/C21H24N2O4/c1-13-7-6-8-17(14(13)2)23-20(26)21(3,4)19(25)22-16-11-9-15(10-12-16)18(24)27-5/h6-12H,1-5H3,(H,22,25)(H,23,26). The van der Waals surface area contributed by atoms with Gasteiger partial charge in [-0.05, 0) is 69.2 Å². The molecule has 0 bridgehead atoms. The molecule has 27 heavy (non-hydrogen) atoms. The normalized spacial score (nSPS) is 10.9. The summed E-state index contributed by atoms with van der Waals surface area (Å²) >= 11 is 0. The lowest BCUT2D eigenvalue weighted by molar-refractivity contribution is -0.135. The minimum Gasteiger partial charge on any atom is -0.465 e. The molecule has 142 valence electrons. The Bertz CT molecular complexity index is 870. The predicted molar refractivity (Wildman–Crippen MR) is 105 cm³/mol. The molecule has 2 N–H and O–H groups in total. The molecular weight excluding hydrogens is 344 g/mol. The maximum atomic E-state index is 12.7. The van der Waals surface area contributed by atoms with Gasteiger partial charge >= 0.3 is 5.97 Å². The van der Waals surface area contributed by atoms with Crippen molar-refractivity contribution in [2.45, 2.75) is 27.7 Å². The Balaban J connectivity index is 2.10. The van der Waals surface area contributed by atoms with Gasteiger partial charge < -0.3 is 15.4 Å². The summed E-state index contributed by atoms with van der Waals surface area (Å²) in [4.78, 5) is 36.8. The fourth-order valence-electron chi connectivity index (χ4n) is 2.36. The van der Waals surface area contributed by atoms with Gasteiger partial charge in [-0.2, -0.15) is 0 Å². The third-order valence-electron chi connectivity index (χ3n) is 4.55. The number of aryl methyl sites for hydroxylation is 1. The van der Waals surface area contributed by atoms with Crippen LogP contribution >= 0.6 is 0 Å². The number of methoxy groups -OCH3 is 1.